The molecule has 0 fully saturated rings. The summed E-state index contributed by atoms with van der Waals surface area (Å²) in [6, 6.07) is 5.28. The molecular formula is C15H17FN2S. The molecule has 2 heterocycles. The van der Waals surface area contributed by atoms with Gasteiger partial charge in [-0.25, -0.2) is 4.39 Å². The van der Waals surface area contributed by atoms with Crippen molar-refractivity contribution in [2.75, 3.05) is 13.1 Å². The fraction of sp³-hybridized carbons (Fsp3) is 0.333. The van der Waals surface area contributed by atoms with Crippen LogP contribution in [0.1, 0.15) is 16.9 Å². The molecule has 0 saturated heterocycles. The summed E-state index contributed by atoms with van der Waals surface area (Å²) in [5.74, 6) is -0.129. The van der Waals surface area contributed by atoms with Gasteiger partial charge in [0, 0.05) is 41.1 Å². The van der Waals surface area contributed by atoms with Crippen molar-refractivity contribution in [3.05, 3.63) is 46.6 Å². The summed E-state index contributed by atoms with van der Waals surface area (Å²) in [5.41, 5.74) is 6.90. The third-order valence-electron chi connectivity index (χ3n) is 3.56. The first-order valence-electron chi connectivity index (χ1n) is 6.56. The molecule has 3 rings (SSSR count). The van der Waals surface area contributed by atoms with Crippen LogP contribution < -0.4 is 5.73 Å². The minimum Gasteiger partial charge on any atom is -0.326 e. The minimum atomic E-state index is -0.129. The van der Waals surface area contributed by atoms with Crippen LogP contribution in [0.15, 0.2) is 30.4 Å². The topological polar surface area (TPSA) is 29.3 Å². The predicted molar refractivity (Wildman–Crippen MR) is 78.7 cm³/mol. The standard InChI is InChI=1S/C15H17FN2S/c16-12-5-4-6-13-15(12)11(14(9-17)19-13)10-18-7-2-1-3-8-18/h1-2,4-6H,3,7-10,17H2. The second-order valence-corrected chi connectivity index (χ2v) is 5.95. The number of hydrogen-bond acceptors (Lipinski definition) is 3. The number of fused-ring (bicyclic) bond motifs is 1. The minimum absolute atomic E-state index is 0.129. The van der Waals surface area contributed by atoms with Crippen LogP contribution in [0, 0.1) is 5.82 Å². The van der Waals surface area contributed by atoms with E-state index in [1.165, 1.54) is 6.07 Å². The Hall–Kier alpha value is -1.23. The lowest BCUT2D eigenvalue weighted by molar-refractivity contribution is 0.291. The van der Waals surface area contributed by atoms with Gasteiger partial charge >= 0.3 is 0 Å². The van der Waals surface area contributed by atoms with Gasteiger partial charge in [0.15, 0.2) is 0 Å². The number of hydrogen-bond donors (Lipinski definition) is 1. The van der Waals surface area contributed by atoms with E-state index >= 15 is 0 Å². The summed E-state index contributed by atoms with van der Waals surface area (Å²) in [5, 5.41) is 0.766. The molecule has 1 aliphatic heterocycles. The Morgan fingerprint density at radius 1 is 1.32 bits per heavy atom. The summed E-state index contributed by atoms with van der Waals surface area (Å²) >= 11 is 1.62. The highest BCUT2D eigenvalue weighted by Gasteiger charge is 2.17. The van der Waals surface area contributed by atoms with E-state index < -0.39 is 0 Å². The molecule has 0 amide bonds. The molecule has 2 N–H and O–H groups in total. The molecule has 2 aromatic rings. The summed E-state index contributed by atoms with van der Waals surface area (Å²) in [6.45, 7) is 3.25. The molecule has 1 aromatic carbocycles. The molecule has 0 aliphatic carbocycles. The highest BCUT2D eigenvalue weighted by molar-refractivity contribution is 7.19. The van der Waals surface area contributed by atoms with Crippen molar-refractivity contribution >= 4 is 21.4 Å². The second kappa shape index (κ2) is 5.41. The van der Waals surface area contributed by atoms with Gasteiger partial charge in [0.1, 0.15) is 5.82 Å². The zero-order valence-electron chi connectivity index (χ0n) is 10.7. The third kappa shape index (κ3) is 2.43. The number of benzene rings is 1. The summed E-state index contributed by atoms with van der Waals surface area (Å²) in [7, 11) is 0. The van der Waals surface area contributed by atoms with Crippen molar-refractivity contribution < 1.29 is 4.39 Å². The highest BCUT2D eigenvalue weighted by Crippen LogP contribution is 2.34. The van der Waals surface area contributed by atoms with Crippen molar-refractivity contribution in [2.24, 2.45) is 5.73 Å². The summed E-state index contributed by atoms with van der Waals surface area (Å²) in [4.78, 5) is 3.45. The maximum Gasteiger partial charge on any atom is 0.132 e. The van der Waals surface area contributed by atoms with E-state index in [0.717, 1.165) is 46.6 Å². The lowest BCUT2D eigenvalue weighted by atomic mass is 10.1. The van der Waals surface area contributed by atoms with Crippen molar-refractivity contribution in [3.8, 4) is 0 Å². The van der Waals surface area contributed by atoms with E-state index in [1.807, 2.05) is 6.07 Å². The number of thiophene rings is 1. The largest absolute Gasteiger partial charge is 0.326 e. The van der Waals surface area contributed by atoms with Crippen LogP contribution in [0.2, 0.25) is 0 Å². The highest BCUT2D eigenvalue weighted by atomic mass is 32.1. The quantitative estimate of drug-likeness (QED) is 0.872. The molecule has 0 atom stereocenters. The van der Waals surface area contributed by atoms with Gasteiger partial charge in [-0.1, -0.05) is 18.2 Å². The third-order valence-corrected chi connectivity index (χ3v) is 4.78. The van der Waals surface area contributed by atoms with Gasteiger partial charge in [0.25, 0.3) is 0 Å². The van der Waals surface area contributed by atoms with Crippen LogP contribution in [0.5, 0.6) is 0 Å². The van der Waals surface area contributed by atoms with Crippen LogP contribution in [0.25, 0.3) is 10.1 Å². The Balaban J connectivity index is 2.02. The Kier molecular flexibility index (Phi) is 3.64. The molecule has 0 unspecified atom stereocenters. The number of nitrogens with zero attached hydrogens (tertiary/aromatic N) is 1. The first-order chi connectivity index (χ1) is 9.29. The molecule has 2 nitrogen and oxygen atoms in total. The normalized spacial score (nSPS) is 16.3. The van der Waals surface area contributed by atoms with E-state index in [0.29, 0.717) is 6.54 Å². The fourth-order valence-electron chi connectivity index (χ4n) is 2.61. The van der Waals surface area contributed by atoms with Gasteiger partial charge in [0.05, 0.1) is 0 Å². The number of rotatable bonds is 3. The van der Waals surface area contributed by atoms with E-state index in [4.69, 9.17) is 5.73 Å². The Morgan fingerprint density at radius 2 is 2.21 bits per heavy atom. The van der Waals surface area contributed by atoms with E-state index in [2.05, 4.69) is 17.1 Å². The van der Waals surface area contributed by atoms with E-state index in [9.17, 15) is 4.39 Å². The lowest BCUT2D eigenvalue weighted by Gasteiger charge is -2.23. The average molecular weight is 276 g/mol. The van der Waals surface area contributed by atoms with Gasteiger partial charge in [-0.15, -0.1) is 11.3 Å². The second-order valence-electron chi connectivity index (χ2n) is 4.82. The summed E-state index contributed by atoms with van der Waals surface area (Å²) < 4.78 is 15.1. The molecular weight excluding hydrogens is 259 g/mol. The fourth-order valence-corrected chi connectivity index (χ4v) is 3.71. The lowest BCUT2D eigenvalue weighted by Crippen LogP contribution is -2.27. The van der Waals surface area contributed by atoms with E-state index in [1.54, 1.807) is 17.4 Å². The average Bonchev–Trinajstić information content (AvgIpc) is 2.79. The Morgan fingerprint density at radius 3 is 2.95 bits per heavy atom. The Bertz CT molecular complexity index is 618. The SMILES string of the molecule is NCc1sc2cccc(F)c2c1CN1CC=CCC1. The molecule has 1 aliphatic rings. The molecule has 19 heavy (non-hydrogen) atoms. The first kappa shape index (κ1) is 12.8. The zero-order valence-corrected chi connectivity index (χ0v) is 11.5. The maximum absolute atomic E-state index is 14.1. The summed E-state index contributed by atoms with van der Waals surface area (Å²) in [6.07, 6.45) is 5.45. The first-order valence-corrected chi connectivity index (χ1v) is 7.37. The van der Waals surface area contributed by atoms with Gasteiger partial charge in [-0.3, -0.25) is 4.90 Å². The number of halogens is 1. The van der Waals surface area contributed by atoms with Crippen molar-refractivity contribution in [3.63, 3.8) is 0 Å². The van der Waals surface area contributed by atoms with Gasteiger partial charge in [-0.2, -0.15) is 0 Å². The zero-order chi connectivity index (χ0) is 13.2. The predicted octanol–water partition coefficient (Wildman–Crippen LogP) is 3.26. The van der Waals surface area contributed by atoms with Gasteiger partial charge < -0.3 is 5.73 Å². The molecule has 0 spiro atoms. The van der Waals surface area contributed by atoms with Gasteiger partial charge in [0.2, 0.25) is 0 Å². The van der Waals surface area contributed by atoms with Crippen molar-refractivity contribution in [2.45, 2.75) is 19.5 Å². The van der Waals surface area contributed by atoms with Crippen molar-refractivity contribution in [1.82, 2.24) is 4.90 Å². The molecule has 0 radical (unpaired) electrons. The molecule has 100 valence electrons. The van der Waals surface area contributed by atoms with Crippen LogP contribution >= 0.6 is 11.3 Å². The van der Waals surface area contributed by atoms with E-state index in [-0.39, 0.29) is 5.82 Å². The maximum atomic E-state index is 14.1. The smallest absolute Gasteiger partial charge is 0.132 e. The monoisotopic (exact) mass is 276 g/mol. The van der Waals surface area contributed by atoms with Crippen molar-refractivity contribution in [1.29, 1.82) is 0 Å². The van der Waals surface area contributed by atoms with Crippen LogP contribution in [-0.4, -0.2) is 18.0 Å². The van der Waals surface area contributed by atoms with Crippen LogP contribution in [0.3, 0.4) is 0 Å². The van der Waals surface area contributed by atoms with Crippen LogP contribution in [-0.2, 0) is 13.1 Å². The number of nitrogens with two attached hydrogens (primary N) is 1. The molecule has 0 bridgehead atoms. The molecule has 4 heteroatoms. The Labute approximate surface area is 116 Å². The van der Waals surface area contributed by atoms with Gasteiger partial charge in [-0.05, 0) is 24.1 Å². The molecule has 0 saturated carbocycles. The molecule has 1 aromatic heterocycles. The van der Waals surface area contributed by atoms with Crippen LogP contribution in [0.4, 0.5) is 4.39 Å².